The molecule has 4 aliphatic rings. The molecule has 9 atom stereocenters. The molecule has 192 valence electrons. The molecule has 0 saturated heterocycles. The Hall–Kier alpha value is -1.20. The first-order valence-electron chi connectivity index (χ1n) is 13.6. The van der Waals surface area contributed by atoms with Crippen molar-refractivity contribution in [3.63, 3.8) is 0 Å². The zero-order valence-electron chi connectivity index (χ0n) is 21.9. The van der Waals surface area contributed by atoms with Gasteiger partial charge in [0.15, 0.2) is 5.78 Å². The molecule has 0 aromatic rings. The van der Waals surface area contributed by atoms with Gasteiger partial charge in [-0.3, -0.25) is 9.59 Å². The third-order valence-electron chi connectivity index (χ3n) is 11.0. The van der Waals surface area contributed by atoms with E-state index in [4.69, 9.17) is 4.74 Å². The molecule has 0 aromatic carbocycles. The maximum atomic E-state index is 13.4. The summed E-state index contributed by atoms with van der Waals surface area (Å²) in [5.41, 5.74) is -0.377. The third kappa shape index (κ3) is 4.19. The van der Waals surface area contributed by atoms with Crippen molar-refractivity contribution in [1.82, 2.24) is 0 Å². The Morgan fingerprint density at radius 2 is 1.88 bits per heavy atom. The minimum Gasteiger partial charge on any atom is -0.461 e. The maximum Gasteiger partial charge on any atom is 0.302 e. The topological polar surface area (TPSA) is 83.8 Å². The van der Waals surface area contributed by atoms with Crippen LogP contribution in [-0.2, 0) is 14.3 Å². The van der Waals surface area contributed by atoms with E-state index in [1.165, 1.54) is 26.2 Å². The van der Waals surface area contributed by atoms with Crippen LogP contribution in [0, 0.1) is 40.4 Å². The number of ether oxygens (including phenoxy) is 1. The van der Waals surface area contributed by atoms with Gasteiger partial charge >= 0.3 is 5.97 Å². The Labute approximate surface area is 205 Å². The summed E-state index contributed by atoms with van der Waals surface area (Å²) in [4.78, 5) is 24.4. The molecule has 0 spiro atoms. The number of hydrogen-bond donors (Lipinski definition) is 2. The summed E-state index contributed by atoms with van der Waals surface area (Å²) < 4.78 is 5.10. The van der Waals surface area contributed by atoms with Crippen LogP contribution < -0.4 is 0 Å². The van der Waals surface area contributed by atoms with E-state index in [0.717, 1.165) is 31.3 Å². The van der Waals surface area contributed by atoms with Crippen LogP contribution in [0.4, 0.5) is 0 Å². The second kappa shape index (κ2) is 9.35. The van der Waals surface area contributed by atoms with Crippen molar-refractivity contribution < 1.29 is 24.5 Å². The van der Waals surface area contributed by atoms with Gasteiger partial charge in [-0.15, -0.1) is 0 Å². The summed E-state index contributed by atoms with van der Waals surface area (Å²) in [6, 6.07) is 0. The first-order chi connectivity index (χ1) is 15.9. The fourth-order valence-corrected chi connectivity index (χ4v) is 9.06. The summed E-state index contributed by atoms with van der Waals surface area (Å²) in [5.74, 6) is 2.33. The molecule has 4 unspecified atom stereocenters. The molecule has 4 fully saturated rings. The van der Waals surface area contributed by atoms with E-state index in [0.29, 0.717) is 49.0 Å². The van der Waals surface area contributed by atoms with Crippen molar-refractivity contribution in [2.24, 2.45) is 40.4 Å². The molecule has 0 bridgehead atoms. The quantitative estimate of drug-likeness (QED) is 0.407. The van der Waals surface area contributed by atoms with E-state index in [9.17, 15) is 19.8 Å². The molecule has 4 rings (SSSR count). The number of fused-ring (bicyclic) bond motifs is 5. The normalized spacial score (nSPS) is 45.2. The van der Waals surface area contributed by atoms with Gasteiger partial charge in [0.2, 0.25) is 0 Å². The molecule has 5 nitrogen and oxygen atoms in total. The molecule has 0 radical (unpaired) electrons. The highest BCUT2D eigenvalue weighted by Gasteiger charge is 2.67. The van der Waals surface area contributed by atoms with Gasteiger partial charge in [-0.1, -0.05) is 26.8 Å². The largest absolute Gasteiger partial charge is 0.461 e. The van der Waals surface area contributed by atoms with Crippen molar-refractivity contribution in [1.29, 1.82) is 0 Å². The zero-order valence-corrected chi connectivity index (χ0v) is 21.9. The molecular formula is C29H46O5. The fourth-order valence-electron chi connectivity index (χ4n) is 9.06. The Morgan fingerprint density at radius 1 is 1.15 bits per heavy atom. The number of esters is 1. The number of aliphatic hydroxyl groups is 2. The molecule has 2 N–H and O–H groups in total. The molecular weight excluding hydrogens is 428 g/mol. The Balaban J connectivity index is 1.45. The Morgan fingerprint density at radius 3 is 2.59 bits per heavy atom. The van der Waals surface area contributed by atoms with Gasteiger partial charge in [0.05, 0.1) is 6.10 Å². The summed E-state index contributed by atoms with van der Waals surface area (Å²) in [7, 11) is 0. The molecule has 0 amide bonds. The van der Waals surface area contributed by atoms with E-state index >= 15 is 0 Å². The van der Waals surface area contributed by atoms with Crippen molar-refractivity contribution in [3.05, 3.63) is 11.6 Å². The molecule has 0 aliphatic heterocycles. The predicted molar refractivity (Wildman–Crippen MR) is 132 cm³/mol. The van der Waals surface area contributed by atoms with E-state index in [1.54, 1.807) is 0 Å². The average Bonchev–Trinajstić information content (AvgIpc) is 3.12. The van der Waals surface area contributed by atoms with Gasteiger partial charge in [-0.25, -0.2) is 0 Å². The van der Waals surface area contributed by atoms with Crippen LogP contribution in [0.15, 0.2) is 11.6 Å². The van der Waals surface area contributed by atoms with Crippen LogP contribution in [0.25, 0.3) is 0 Å². The van der Waals surface area contributed by atoms with Crippen LogP contribution in [0.3, 0.4) is 0 Å². The summed E-state index contributed by atoms with van der Waals surface area (Å²) >= 11 is 0. The second-order valence-corrected chi connectivity index (χ2v) is 12.8. The number of aliphatic hydroxyl groups excluding tert-OH is 1. The molecule has 34 heavy (non-hydrogen) atoms. The predicted octanol–water partition coefficient (Wildman–Crippen LogP) is 5.23. The monoisotopic (exact) mass is 474 g/mol. The van der Waals surface area contributed by atoms with E-state index in [-0.39, 0.29) is 23.6 Å². The van der Waals surface area contributed by atoms with Crippen molar-refractivity contribution in [2.45, 2.75) is 111 Å². The molecule has 0 heterocycles. The highest BCUT2D eigenvalue weighted by Crippen LogP contribution is 2.68. The summed E-state index contributed by atoms with van der Waals surface area (Å²) in [6.07, 6.45) is 10.6. The Bertz CT molecular complexity index is 834. The van der Waals surface area contributed by atoms with Gasteiger partial charge in [-0.2, -0.15) is 0 Å². The lowest BCUT2D eigenvalue weighted by Crippen LogP contribution is -2.67. The minimum atomic E-state index is -1.35. The number of carbonyl (C=O) groups excluding carboxylic acids is 2. The van der Waals surface area contributed by atoms with Gasteiger partial charge in [0, 0.05) is 25.2 Å². The number of carbonyl (C=O) groups is 2. The molecule has 5 heteroatoms. The average molecular weight is 475 g/mol. The first kappa shape index (κ1) is 25.9. The number of Topliss-reactive ketones (excluding diaryl/α,β-unsaturated/α-hetero) is 1. The first-order valence-corrected chi connectivity index (χ1v) is 13.6. The Kier molecular flexibility index (Phi) is 7.12. The van der Waals surface area contributed by atoms with Crippen molar-refractivity contribution in [3.8, 4) is 0 Å². The van der Waals surface area contributed by atoms with Gasteiger partial charge < -0.3 is 14.9 Å². The molecule has 4 saturated carbocycles. The summed E-state index contributed by atoms with van der Waals surface area (Å²) in [6.45, 7) is 10.9. The highest BCUT2D eigenvalue weighted by molar-refractivity contribution is 5.89. The van der Waals surface area contributed by atoms with E-state index in [1.807, 2.05) is 6.92 Å². The lowest BCUT2D eigenvalue weighted by atomic mass is 9.42. The maximum absolute atomic E-state index is 13.4. The molecule has 0 aromatic heterocycles. The van der Waals surface area contributed by atoms with Crippen molar-refractivity contribution >= 4 is 11.8 Å². The smallest absolute Gasteiger partial charge is 0.302 e. The van der Waals surface area contributed by atoms with Crippen LogP contribution in [-0.4, -0.2) is 40.3 Å². The molecule has 4 aliphatic carbocycles. The lowest BCUT2D eigenvalue weighted by molar-refractivity contribution is -0.213. The van der Waals surface area contributed by atoms with Crippen LogP contribution in [0.2, 0.25) is 0 Å². The van der Waals surface area contributed by atoms with E-state index < -0.39 is 17.1 Å². The number of hydrogen-bond acceptors (Lipinski definition) is 5. The number of allylic oxidation sites excluding steroid dienone is 1. The SMILES string of the molecule is CC(=O)OC/C(C)=C\CCC(C)[C@H]1CCC2C3CC(=O)[C@@]4(O)C[C@@H](O)CC[C@]4(C)C3CC[C@@]21C. The second-order valence-electron chi connectivity index (χ2n) is 12.8. The lowest BCUT2D eigenvalue weighted by Gasteiger charge is -2.63. The third-order valence-corrected chi connectivity index (χ3v) is 11.0. The van der Waals surface area contributed by atoms with Crippen LogP contribution in [0.5, 0.6) is 0 Å². The van der Waals surface area contributed by atoms with Gasteiger partial charge in [-0.05, 0) is 98.9 Å². The van der Waals surface area contributed by atoms with Crippen LogP contribution >= 0.6 is 0 Å². The van der Waals surface area contributed by atoms with Gasteiger partial charge in [0.25, 0.3) is 0 Å². The minimum absolute atomic E-state index is 0.0101. The van der Waals surface area contributed by atoms with Gasteiger partial charge in [0.1, 0.15) is 12.2 Å². The zero-order chi connectivity index (χ0) is 24.9. The van der Waals surface area contributed by atoms with Crippen LogP contribution in [0.1, 0.15) is 98.8 Å². The number of rotatable bonds is 6. The standard InChI is InChI=1S/C29H46O5/c1-18(17-34-20(3)30)7-6-8-19(2)23-9-10-24-22-15-26(32)29(33)16-21(31)11-14-28(29,5)25(22)12-13-27(23,24)4/h7,19,21-25,31,33H,6,8-17H2,1-5H3/b18-7-/t19?,21-,22?,23+,24?,25?,27+,28+,29-/m0/s1. The number of ketones is 1. The van der Waals surface area contributed by atoms with Crippen molar-refractivity contribution in [2.75, 3.05) is 6.61 Å². The fraction of sp³-hybridized carbons (Fsp3) is 0.862. The summed E-state index contributed by atoms with van der Waals surface area (Å²) in [5, 5.41) is 21.8. The van der Waals surface area contributed by atoms with E-state index in [2.05, 4.69) is 26.8 Å². The highest BCUT2D eigenvalue weighted by atomic mass is 16.5.